The molecule has 0 aliphatic heterocycles. The van der Waals surface area contributed by atoms with Gasteiger partial charge in [-0.05, 0) is 6.42 Å². The third-order valence-corrected chi connectivity index (χ3v) is 4.00. The van der Waals surface area contributed by atoms with Crippen LogP contribution in [-0.4, -0.2) is 49.7 Å². The normalized spacial score (nSPS) is 14.2. The first kappa shape index (κ1) is 15.0. The molecule has 0 heterocycles. The van der Waals surface area contributed by atoms with Crippen LogP contribution in [0.4, 0.5) is 0 Å². The summed E-state index contributed by atoms with van der Waals surface area (Å²) in [5.74, 6) is 0. The van der Waals surface area contributed by atoms with Crippen LogP contribution in [0.15, 0.2) is 0 Å². The Balaban J connectivity index is 4.21. The molecule has 0 radical (unpaired) electrons. The molecule has 7 heteroatoms. The highest BCUT2D eigenvalue weighted by Crippen LogP contribution is 2.11. The van der Waals surface area contributed by atoms with Crippen molar-refractivity contribution in [3.63, 3.8) is 0 Å². The van der Waals surface area contributed by atoms with Crippen molar-refractivity contribution in [1.82, 2.24) is 5.32 Å². The largest absolute Gasteiger partial charge is 0.680 e. The van der Waals surface area contributed by atoms with Crippen molar-refractivity contribution in [1.29, 1.82) is 0 Å². The highest BCUT2D eigenvalue weighted by Gasteiger charge is 2.44. The SMILES string of the molecule is CCC(NCCN)O[Si](OC)(OC)OC. The molecule has 0 aromatic rings. The van der Waals surface area contributed by atoms with Crippen LogP contribution in [-0.2, 0) is 17.7 Å². The minimum absolute atomic E-state index is 0.167. The fourth-order valence-corrected chi connectivity index (χ4v) is 2.47. The van der Waals surface area contributed by atoms with Crippen molar-refractivity contribution in [2.45, 2.75) is 19.6 Å². The molecule has 0 aliphatic rings. The standard InChI is InChI=1S/C8H22N2O4Si/c1-5-8(10-7-6-9)14-15(11-2,12-3)13-4/h8,10H,5-7,9H2,1-4H3. The molecular weight excluding hydrogens is 216 g/mol. The number of hydrogen-bond donors (Lipinski definition) is 2. The number of hydrogen-bond acceptors (Lipinski definition) is 6. The average Bonchev–Trinajstić information content (AvgIpc) is 2.30. The molecule has 92 valence electrons. The van der Waals surface area contributed by atoms with Gasteiger partial charge in [0.05, 0.1) is 0 Å². The minimum atomic E-state index is -2.95. The van der Waals surface area contributed by atoms with E-state index in [1.165, 1.54) is 21.3 Å². The van der Waals surface area contributed by atoms with E-state index >= 15 is 0 Å². The molecule has 0 bridgehead atoms. The predicted octanol–water partition coefficient (Wildman–Crippen LogP) is -0.338. The van der Waals surface area contributed by atoms with E-state index < -0.39 is 9.05 Å². The third-order valence-electron chi connectivity index (χ3n) is 1.92. The van der Waals surface area contributed by atoms with E-state index in [1.54, 1.807) is 0 Å². The zero-order valence-corrected chi connectivity index (χ0v) is 10.9. The Kier molecular flexibility index (Phi) is 8.15. The van der Waals surface area contributed by atoms with Crippen molar-refractivity contribution in [2.75, 3.05) is 34.4 Å². The Morgan fingerprint density at radius 1 is 1.20 bits per heavy atom. The number of nitrogens with one attached hydrogen (secondary N) is 1. The lowest BCUT2D eigenvalue weighted by Crippen LogP contribution is -2.52. The molecule has 0 saturated carbocycles. The van der Waals surface area contributed by atoms with Crippen molar-refractivity contribution in [3.8, 4) is 0 Å². The molecule has 1 atom stereocenters. The van der Waals surface area contributed by atoms with Crippen molar-refractivity contribution < 1.29 is 17.7 Å². The highest BCUT2D eigenvalue weighted by atomic mass is 28.4. The Morgan fingerprint density at radius 3 is 2.07 bits per heavy atom. The topological polar surface area (TPSA) is 75.0 Å². The van der Waals surface area contributed by atoms with Crippen LogP contribution >= 0.6 is 0 Å². The number of rotatable bonds is 9. The first-order valence-corrected chi connectivity index (χ1v) is 6.58. The quantitative estimate of drug-likeness (QED) is 0.423. The smallest absolute Gasteiger partial charge is 0.355 e. The van der Waals surface area contributed by atoms with Gasteiger partial charge in [-0.1, -0.05) is 6.92 Å². The van der Waals surface area contributed by atoms with Crippen LogP contribution in [0.2, 0.25) is 0 Å². The lowest BCUT2D eigenvalue weighted by atomic mass is 10.4. The van der Waals surface area contributed by atoms with Crippen LogP contribution in [0.1, 0.15) is 13.3 Å². The van der Waals surface area contributed by atoms with E-state index in [0.29, 0.717) is 13.1 Å². The van der Waals surface area contributed by atoms with Crippen LogP contribution in [0.5, 0.6) is 0 Å². The molecule has 0 aromatic heterocycles. The van der Waals surface area contributed by atoms with Crippen molar-refractivity contribution >= 4 is 9.05 Å². The molecule has 0 aromatic carbocycles. The first-order valence-electron chi connectivity index (χ1n) is 4.94. The zero-order chi connectivity index (χ0) is 11.7. The maximum absolute atomic E-state index is 5.64. The van der Waals surface area contributed by atoms with E-state index in [9.17, 15) is 0 Å². The van der Waals surface area contributed by atoms with Gasteiger partial charge in [-0.25, -0.2) is 0 Å². The van der Waals surface area contributed by atoms with Crippen LogP contribution in [0.25, 0.3) is 0 Å². The molecule has 0 fully saturated rings. The molecule has 0 rings (SSSR count). The highest BCUT2D eigenvalue weighted by molar-refractivity contribution is 6.53. The molecule has 3 N–H and O–H groups in total. The molecule has 0 spiro atoms. The summed E-state index contributed by atoms with van der Waals surface area (Å²) >= 11 is 0. The second-order valence-electron chi connectivity index (χ2n) is 2.87. The summed E-state index contributed by atoms with van der Waals surface area (Å²) in [6, 6.07) is 0. The van der Waals surface area contributed by atoms with Gasteiger partial charge in [0.2, 0.25) is 0 Å². The van der Waals surface area contributed by atoms with Gasteiger partial charge in [0.15, 0.2) is 0 Å². The summed E-state index contributed by atoms with van der Waals surface area (Å²) in [6.07, 6.45) is 0.616. The van der Waals surface area contributed by atoms with Gasteiger partial charge in [-0.15, -0.1) is 0 Å². The minimum Gasteiger partial charge on any atom is -0.355 e. The second-order valence-corrected chi connectivity index (χ2v) is 5.33. The lowest BCUT2D eigenvalue weighted by Gasteiger charge is -2.28. The molecule has 6 nitrogen and oxygen atoms in total. The van der Waals surface area contributed by atoms with Crippen LogP contribution in [0.3, 0.4) is 0 Å². The van der Waals surface area contributed by atoms with Crippen LogP contribution in [0, 0.1) is 0 Å². The van der Waals surface area contributed by atoms with Gasteiger partial charge < -0.3 is 23.4 Å². The van der Waals surface area contributed by atoms with E-state index in [-0.39, 0.29) is 6.23 Å². The Morgan fingerprint density at radius 2 is 1.73 bits per heavy atom. The van der Waals surface area contributed by atoms with Gasteiger partial charge in [0.25, 0.3) is 0 Å². The van der Waals surface area contributed by atoms with Crippen LogP contribution < -0.4 is 11.1 Å². The van der Waals surface area contributed by atoms with Crippen molar-refractivity contribution in [3.05, 3.63) is 0 Å². The van der Waals surface area contributed by atoms with Gasteiger partial charge in [0.1, 0.15) is 6.23 Å². The molecule has 0 aliphatic carbocycles. The molecule has 0 saturated heterocycles. The fraction of sp³-hybridized carbons (Fsp3) is 1.00. The van der Waals surface area contributed by atoms with E-state index in [4.69, 9.17) is 23.4 Å². The molecular formula is C8H22N2O4Si. The van der Waals surface area contributed by atoms with E-state index in [1.807, 2.05) is 6.92 Å². The zero-order valence-electron chi connectivity index (χ0n) is 9.91. The van der Waals surface area contributed by atoms with Gasteiger partial charge in [-0.3, -0.25) is 5.32 Å². The summed E-state index contributed by atoms with van der Waals surface area (Å²) in [7, 11) is 1.57. The van der Waals surface area contributed by atoms with E-state index in [2.05, 4.69) is 5.32 Å². The van der Waals surface area contributed by atoms with Gasteiger partial charge in [-0.2, -0.15) is 0 Å². The maximum atomic E-state index is 5.64. The predicted molar refractivity (Wildman–Crippen MR) is 59.0 cm³/mol. The average molecular weight is 238 g/mol. The summed E-state index contributed by atoms with van der Waals surface area (Å²) in [4.78, 5) is 0. The Bertz CT molecular complexity index is 149. The third kappa shape index (κ3) is 5.02. The first-order chi connectivity index (χ1) is 7.17. The maximum Gasteiger partial charge on any atom is 0.680 e. The number of nitrogens with two attached hydrogens (primary N) is 1. The molecule has 15 heavy (non-hydrogen) atoms. The Hall–Kier alpha value is -0.0231. The van der Waals surface area contributed by atoms with Gasteiger partial charge in [0, 0.05) is 34.4 Å². The van der Waals surface area contributed by atoms with E-state index in [0.717, 1.165) is 6.42 Å². The van der Waals surface area contributed by atoms with Crippen molar-refractivity contribution in [2.24, 2.45) is 5.73 Å². The Labute approximate surface area is 92.5 Å². The van der Waals surface area contributed by atoms with Gasteiger partial charge >= 0.3 is 9.05 Å². The summed E-state index contributed by atoms with van der Waals surface area (Å²) in [6.45, 7) is 3.23. The fourth-order valence-electron chi connectivity index (χ4n) is 1.08. The summed E-state index contributed by atoms with van der Waals surface area (Å²) in [5, 5.41) is 3.12. The monoisotopic (exact) mass is 238 g/mol. The summed E-state index contributed by atoms with van der Waals surface area (Å²) < 4.78 is 21.1. The lowest BCUT2D eigenvalue weighted by molar-refractivity contribution is -0.0323. The second kappa shape index (κ2) is 8.17. The molecule has 0 amide bonds. The molecule has 1 unspecified atom stereocenters. The summed E-state index contributed by atoms with van der Waals surface area (Å²) in [5.41, 5.74) is 5.39.